The molecular weight excluding hydrogens is 139 g/mol. The van der Waals surface area contributed by atoms with E-state index in [1.807, 2.05) is 0 Å². The summed E-state index contributed by atoms with van der Waals surface area (Å²) in [7, 11) is 0. The van der Waals surface area contributed by atoms with Gasteiger partial charge in [0.2, 0.25) is 0 Å². The zero-order valence-electron chi connectivity index (χ0n) is 4.44. The fourth-order valence-corrected chi connectivity index (χ4v) is 0.671. The quantitative estimate of drug-likeness (QED) is 0.522. The predicted molar refractivity (Wildman–Crippen MR) is 31.4 cm³/mol. The van der Waals surface area contributed by atoms with Crippen molar-refractivity contribution in [2.24, 2.45) is 5.92 Å². The summed E-state index contributed by atoms with van der Waals surface area (Å²) in [4.78, 5) is 0. The molecular formula is C5H12Se. The summed E-state index contributed by atoms with van der Waals surface area (Å²) in [5.41, 5.74) is 0. The summed E-state index contributed by atoms with van der Waals surface area (Å²) < 4.78 is 0. The van der Waals surface area contributed by atoms with Crippen molar-refractivity contribution in [2.45, 2.75) is 25.6 Å². The van der Waals surface area contributed by atoms with Gasteiger partial charge in [-0.3, -0.25) is 0 Å². The third kappa shape index (κ3) is 2.74. The van der Waals surface area contributed by atoms with Crippen molar-refractivity contribution in [1.82, 2.24) is 0 Å². The molecule has 0 heterocycles. The molecule has 0 aromatic rings. The fourth-order valence-electron chi connectivity index (χ4n) is 0.129. The molecule has 0 aliphatic rings. The first-order chi connectivity index (χ1) is 2.81. The Kier molecular flexibility index (Phi) is 4.02. The minimum atomic E-state index is 0.907. The van der Waals surface area contributed by atoms with Gasteiger partial charge in [-0.05, 0) is 0 Å². The Morgan fingerprint density at radius 1 is 1.67 bits per heavy atom. The summed E-state index contributed by atoms with van der Waals surface area (Å²) in [5.74, 6) is 0.907. The van der Waals surface area contributed by atoms with Crippen LogP contribution >= 0.6 is 0 Å². The van der Waals surface area contributed by atoms with Crippen LogP contribution in [0.15, 0.2) is 0 Å². The fraction of sp³-hybridized carbons (Fsp3) is 1.00. The molecule has 6 heavy (non-hydrogen) atoms. The molecule has 0 radical (unpaired) electrons. The summed E-state index contributed by atoms with van der Waals surface area (Å²) in [6, 6.07) is 0. The number of hydrogen-bond donors (Lipinski definition) is 0. The topological polar surface area (TPSA) is 0 Å². The van der Waals surface area contributed by atoms with Crippen LogP contribution in [-0.4, -0.2) is 16.0 Å². The number of hydrogen-bond acceptors (Lipinski definition) is 0. The summed E-state index contributed by atoms with van der Waals surface area (Å²) in [6.07, 6.45) is 1.31. The Morgan fingerprint density at radius 3 is 2.17 bits per heavy atom. The molecule has 0 fully saturated rings. The maximum atomic E-state index is 2.61. The Bertz CT molecular complexity index is 23.1. The Balaban J connectivity index is 2.75. The first-order valence-corrected chi connectivity index (χ1v) is 3.74. The summed E-state index contributed by atoms with van der Waals surface area (Å²) in [6.45, 7) is 4.48. The second-order valence-electron chi connectivity index (χ2n) is 1.70. The molecule has 0 aliphatic carbocycles. The molecule has 0 saturated carbocycles. The van der Waals surface area contributed by atoms with Gasteiger partial charge in [-0.25, -0.2) is 0 Å². The molecule has 0 aromatic carbocycles. The van der Waals surface area contributed by atoms with E-state index in [1.165, 1.54) is 11.7 Å². The van der Waals surface area contributed by atoms with Gasteiger partial charge < -0.3 is 0 Å². The first-order valence-electron chi connectivity index (χ1n) is 2.42. The molecule has 0 spiro atoms. The van der Waals surface area contributed by atoms with Crippen molar-refractivity contribution < 1.29 is 0 Å². The van der Waals surface area contributed by atoms with Gasteiger partial charge in [-0.15, -0.1) is 0 Å². The van der Waals surface area contributed by atoms with E-state index in [-0.39, 0.29) is 0 Å². The van der Waals surface area contributed by atoms with Gasteiger partial charge in [0.1, 0.15) is 0 Å². The monoisotopic (exact) mass is 152 g/mol. The van der Waals surface area contributed by atoms with Crippen molar-refractivity contribution >= 4 is 16.0 Å². The molecule has 1 atom stereocenters. The second kappa shape index (κ2) is 3.70. The van der Waals surface area contributed by atoms with Crippen molar-refractivity contribution in [2.75, 3.05) is 0 Å². The van der Waals surface area contributed by atoms with E-state index in [0.717, 1.165) is 5.92 Å². The molecule has 1 heteroatoms. The van der Waals surface area contributed by atoms with Crippen LogP contribution in [0.5, 0.6) is 0 Å². The van der Waals surface area contributed by atoms with E-state index in [4.69, 9.17) is 0 Å². The van der Waals surface area contributed by atoms with Crippen LogP contribution in [0.4, 0.5) is 0 Å². The van der Waals surface area contributed by atoms with Crippen LogP contribution in [0, 0.1) is 5.92 Å². The molecule has 0 amide bonds. The van der Waals surface area contributed by atoms with E-state index < -0.39 is 0 Å². The maximum absolute atomic E-state index is 2.61. The molecule has 0 rings (SSSR count). The zero-order valence-corrected chi connectivity index (χ0v) is 6.32. The predicted octanol–water partition coefficient (Wildman–Crippen LogP) is 1.35. The van der Waals surface area contributed by atoms with E-state index in [0.29, 0.717) is 0 Å². The molecule has 0 saturated heterocycles. The van der Waals surface area contributed by atoms with Crippen molar-refractivity contribution in [1.29, 1.82) is 0 Å². The molecule has 0 nitrogen and oxygen atoms in total. The summed E-state index contributed by atoms with van der Waals surface area (Å²) >= 11 is 2.61. The molecule has 0 unspecified atom stereocenters. The molecule has 0 aliphatic heterocycles. The van der Waals surface area contributed by atoms with Crippen LogP contribution in [0.25, 0.3) is 0 Å². The third-order valence-electron chi connectivity index (χ3n) is 1.01. The van der Waals surface area contributed by atoms with E-state index in [2.05, 4.69) is 29.9 Å². The number of rotatable bonds is 2. The van der Waals surface area contributed by atoms with Gasteiger partial charge in [0.15, 0.2) is 0 Å². The minimum absolute atomic E-state index is 0.907. The Labute approximate surface area is 48.1 Å². The zero-order chi connectivity index (χ0) is 4.99. The van der Waals surface area contributed by atoms with Crippen molar-refractivity contribution in [3.8, 4) is 0 Å². The van der Waals surface area contributed by atoms with E-state index >= 15 is 0 Å². The normalized spacial score (nSPS) is 14.5. The average Bonchev–Trinajstić information content (AvgIpc) is 1.65. The van der Waals surface area contributed by atoms with Crippen molar-refractivity contribution in [3.63, 3.8) is 0 Å². The van der Waals surface area contributed by atoms with Gasteiger partial charge in [0.25, 0.3) is 0 Å². The molecule has 0 aromatic heterocycles. The van der Waals surface area contributed by atoms with Gasteiger partial charge in [0, 0.05) is 0 Å². The van der Waals surface area contributed by atoms with Gasteiger partial charge in [-0.1, -0.05) is 0 Å². The van der Waals surface area contributed by atoms with Crippen LogP contribution < -0.4 is 0 Å². The Morgan fingerprint density at radius 2 is 2.17 bits per heavy atom. The summed E-state index contributed by atoms with van der Waals surface area (Å²) in [5, 5.41) is 1.27. The van der Waals surface area contributed by atoms with Gasteiger partial charge in [0.05, 0.1) is 0 Å². The second-order valence-corrected chi connectivity index (χ2v) is 2.46. The standard InChI is InChI=1S/C5H12Se/c1-3-5(2)4-6/h5-6H,3-4H2,1-2H3/t5-/m0/s1. The van der Waals surface area contributed by atoms with Gasteiger partial charge in [-0.2, -0.15) is 0 Å². The molecule has 38 valence electrons. The first kappa shape index (κ1) is 6.52. The van der Waals surface area contributed by atoms with Crippen molar-refractivity contribution in [3.05, 3.63) is 0 Å². The average molecular weight is 151 g/mol. The van der Waals surface area contributed by atoms with Gasteiger partial charge >= 0.3 is 47.5 Å². The van der Waals surface area contributed by atoms with E-state index in [9.17, 15) is 0 Å². The van der Waals surface area contributed by atoms with Crippen LogP contribution in [0.2, 0.25) is 5.32 Å². The molecule has 0 bridgehead atoms. The Hall–Kier alpha value is 0.519. The van der Waals surface area contributed by atoms with Crippen LogP contribution in [-0.2, 0) is 0 Å². The third-order valence-corrected chi connectivity index (χ3v) is 2.32. The van der Waals surface area contributed by atoms with E-state index in [1.54, 1.807) is 0 Å². The van der Waals surface area contributed by atoms with Crippen LogP contribution in [0.1, 0.15) is 20.3 Å². The molecule has 0 N–H and O–H groups in total. The van der Waals surface area contributed by atoms with Crippen LogP contribution in [0.3, 0.4) is 0 Å². The SMILES string of the molecule is CC[C@H](C)C[SeH].